The molecule has 0 unspecified atom stereocenters. The van der Waals surface area contributed by atoms with Crippen molar-refractivity contribution >= 4 is 22.3 Å². The molecule has 0 atom stereocenters. The number of rotatable bonds is 7. The highest BCUT2D eigenvalue weighted by Crippen LogP contribution is 2.23. The molecule has 1 aliphatic heterocycles. The molecule has 0 radical (unpaired) electrons. The molecule has 5 nitrogen and oxygen atoms in total. The van der Waals surface area contributed by atoms with E-state index in [1.54, 1.807) is 12.3 Å². The third-order valence-corrected chi connectivity index (χ3v) is 5.86. The van der Waals surface area contributed by atoms with Gasteiger partial charge in [-0.05, 0) is 60.7 Å². The molecule has 0 saturated carbocycles. The molecule has 3 aromatic rings. The molecule has 0 spiro atoms. The van der Waals surface area contributed by atoms with Crippen molar-refractivity contribution in [2.75, 3.05) is 30.7 Å². The Kier molecular flexibility index (Phi) is 6.45. The Balaban J connectivity index is 1.32. The second-order valence-electron chi connectivity index (χ2n) is 7.86. The number of nitrogens with one attached hydrogen (secondary N) is 1. The van der Waals surface area contributed by atoms with E-state index in [9.17, 15) is 4.39 Å². The van der Waals surface area contributed by atoms with Crippen LogP contribution in [0, 0.1) is 5.82 Å². The van der Waals surface area contributed by atoms with E-state index in [1.165, 1.54) is 0 Å². The van der Waals surface area contributed by atoms with E-state index < -0.39 is 0 Å². The van der Waals surface area contributed by atoms with Crippen LogP contribution in [0.15, 0.2) is 48.7 Å². The standard InChI is InChI=1S/C24H29FN4O/c1-2-29-11-8-21(9-12-29)30-16-17-3-4-19(23(25)13-17)15-28-20-5-6-22-18(14-20)7-10-27-24(22)26/h3-7,10,13-14,21,28H,2,8-9,11-12,15-16H2,1H3,(H2,26,27). The number of anilines is 2. The van der Waals surface area contributed by atoms with E-state index in [1.807, 2.05) is 36.4 Å². The minimum absolute atomic E-state index is 0.210. The van der Waals surface area contributed by atoms with Crippen molar-refractivity contribution in [1.82, 2.24) is 9.88 Å². The normalized spacial score (nSPS) is 15.5. The molecular weight excluding hydrogens is 379 g/mol. The predicted molar refractivity (Wildman–Crippen MR) is 120 cm³/mol. The van der Waals surface area contributed by atoms with E-state index in [2.05, 4.69) is 22.1 Å². The lowest BCUT2D eigenvalue weighted by molar-refractivity contribution is -0.00153. The second-order valence-corrected chi connectivity index (χ2v) is 7.86. The van der Waals surface area contributed by atoms with Gasteiger partial charge in [0.05, 0.1) is 12.7 Å². The lowest BCUT2D eigenvalue weighted by atomic mass is 10.1. The summed E-state index contributed by atoms with van der Waals surface area (Å²) in [6.45, 7) is 6.32. The van der Waals surface area contributed by atoms with Gasteiger partial charge in [0.25, 0.3) is 0 Å². The quantitative estimate of drug-likeness (QED) is 0.600. The van der Waals surface area contributed by atoms with E-state index in [0.29, 0.717) is 24.5 Å². The number of hydrogen-bond acceptors (Lipinski definition) is 5. The first-order valence-electron chi connectivity index (χ1n) is 10.6. The first-order chi connectivity index (χ1) is 14.6. The zero-order valence-corrected chi connectivity index (χ0v) is 17.4. The molecule has 158 valence electrons. The van der Waals surface area contributed by atoms with Crippen molar-refractivity contribution in [3.63, 3.8) is 0 Å². The number of nitrogens with two attached hydrogens (primary N) is 1. The Morgan fingerprint density at radius 1 is 1.17 bits per heavy atom. The number of pyridine rings is 1. The average molecular weight is 409 g/mol. The molecule has 0 aliphatic carbocycles. The molecule has 1 saturated heterocycles. The number of fused-ring (bicyclic) bond motifs is 1. The summed E-state index contributed by atoms with van der Waals surface area (Å²) >= 11 is 0. The van der Waals surface area contributed by atoms with Gasteiger partial charge in [0.15, 0.2) is 0 Å². The monoisotopic (exact) mass is 408 g/mol. The number of ether oxygens (including phenoxy) is 1. The fraction of sp³-hybridized carbons (Fsp3) is 0.375. The Morgan fingerprint density at radius 3 is 2.77 bits per heavy atom. The maximum Gasteiger partial charge on any atom is 0.131 e. The van der Waals surface area contributed by atoms with Gasteiger partial charge < -0.3 is 20.7 Å². The van der Waals surface area contributed by atoms with Crippen molar-refractivity contribution in [1.29, 1.82) is 0 Å². The number of nitrogen functional groups attached to an aromatic ring is 1. The summed E-state index contributed by atoms with van der Waals surface area (Å²) < 4.78 is 20.6. The third-order valence-electron chi connectivity index (χ3n) is 5.86. The summed E-state index contributed by atoms with van der Waals surface area (Å²) in [6.07, 6.45) is 4.06. The van der Waals surface area contributed by atoms with Crippen molar-refractivity contribution in [3.8, 4) is 0 Å². The van der Waals surface area contributed by atoms with E-state index >= 15 is 0 Å². The minimum atomic E-state index is -0.210. The second kappa shape index (κ2) is 9.41. The highest BCUT2D eigenvalue weighted by atomic mass is 19.1. The molecule has 2 aromatic carbocycles. The van der Waals surface area contributed by atoms with Crippen LogP contribution in [0.4, 0.5) is 15.9 Å². The smallest absolute Gasteiger partial charge is 0.131 e. The van der Waals surface area contributed by atoms with Crippen LogP contribution in [-0.4, -0.2) is 35.6 Å². The number of aromatic nitrogens is 1. The van der Waals surface area contributed by atoms with Gasteiger partial charge in [0.1, 0.15) is 11.6 Å². The first-order valence-corrected chi connectivity index (χ1v) is 10.6. The first kappa shape index (κ1) is 20.6. The molecule has 6 heteroatoms. The number of nitrogens with zero attached hydrogens (tertiary/aromatic N) is 2. The average Bonchev–Trinajstić information content (AvgIpc) is 2.77. The zero-order valence-electron chi connectivity index (χ0n) is 17.4. The van der Waals surface area contributed by atoms with Gasteiger partial charge in [-0.1, -0.05) is 19.1 Å². The Hall–Kier alpha value is -2.70. The predicted octanol–water partition coefficient (Wildman–Crippen LogP) is 4.57. The van der Waals surface area contributed by atoms with E-state index in [4.69, 9.17) is 10.5 Å². The Bertz CT molecular complexity index is 1000. The largest absolute Gasteiger partial charge is 0.383 e. The van der Waals surface area contributed by atoms with Gasteiger partial charge in [-0.2, -0.15) is 0 Å². The summed E-state index contributed by atoms with van der Waals surface area (Å²) in [6, 6.07) is 13.2. The molecule has 3 N–H and O–H groups in total. The van der Waals surface area contributed by atoms with Crippen LogP contribution < -0.4 is 11.1 Å². The van der Waals surface area contributed by atoms with Crippen molar-refractivity contribution in [2.24, 2.45) is 0 Å². The van der Waals surface area contributed by atoms with Crippen LogP contribution in [0.5, 0.6) is 0 Å². The molecule has 2 heterocycles. The van der Waals surface area contributed by atoms with Crippen molar-refractivity contribution in [2.45, 2.75) is 39.0 Å². The van der Waals surface area contributed by atoms with Gasteiger partial charge in [0.2, 0.25) is 0 Å². The number of benzene rings is 2. The minimum Gasteiger partial charge on any atom is -0.383 e. The number of piperidine rings is 1. The molecule has 1 aliphatic rings. The highest BCUT2D eigenvalue weighted by molar-refractivity contribution is 5.92. The van der Waals surface area contributed by atoms with Crippen LogP contribution in [0.3, 0.4) is 0 Å². The third kappa shape index (κ3) is 4.89. The van der Waals surface area contributed by atoms with Gasteiger partial charge in [-0.25, -0.2) is 9.37 Å². The molecule has 0 bridgehead atoms. The topological polar surface area (TPSA) is 63.4 Å². The fourth-order valence-corrected chi connectivity index (χ4v) is 3.94. The summed E-state index contributed by atoms with van der Waals surface area (Å²) in [5, 5.41) is 5.21. The molecular formula is C24H29FN4O. The van der Waals surface area contributed by atoms with Crippen molar-refractivity contribution in [3.05, 3.63) is 65.6 Å². The van der Waals surface area contributed by atoms with Crippen LogP contribution in [0.1, 0.15) is 30.9 Å². The number of hydrogen-bond donors (Lipinski definition) is 2. The lowest BCUT2D eigenvalue weighted by Gasteiger charge is -2.30. The fourth-order valence-electron chi connectivity index (χ4n) is 3.94. The summed E-state index contributed by atoms with van der Waals surface area (Å²) in [5.74, 6) is 0.303. The molecule has 4 rings (SSSR count). The molecule has 0 amide bonds. The molecule has 1 fully saturated rings. The van der Waals surface area contributed by atoms with Gasteiger partial charge in [-0.15, -0.1) is 0 Å². The van der Waals surface area contributed by atoms with E-state index in [0.717, 1.165) is 54.5 Å². The highest BCUT2D eigenvalue weighted by Gasteiger charge is 2.18. The Labute approximate surface area is 177 Å². The number of likely N-dealkylation sites (tertiary alicyclic amines) is 1. The maximum atomic E-state index is 14.6. The van der Waals surface area contributed by atoms with Gasteiger partial charge in [0, 0.05) is 42.5 Å². The van der Waals surface area contributed by atoms with Crippen LogP contribution >= 0.6 is 0 Å². The molecule has 1 aromatic heterocycles. The van der Waals surface area contributed by atoms with Gasteiger partial charge in [-0.3, -0.25) is 0 Å². The van der Waals surface area contributed by atoms with Gasteiger partial charge >= 0.3 is 0 Å². The maximum absolute atomic E-state index is 14.6. The van der Waals surface area contributed by atoms with Crippen LogP contribution in [-0.2, 0) is 17.9 Å². The Morgan fingerprint density at radius 2 is 2.00 bits per heavy atom. The zero-order chi connectivity index (χ0) is 20.9. The van der Waals surface area contributed by atoms with E-state index in [-0.39, 0.29) is 11.9 Å². The summed E-state index contributed by atoms with van der Waals surface area (Å²) in [7, 11) is 0. The van der Waals surface area contributed by atoms with Crippen molar-refractivity contribution < 1.29 is 9.13 Å². The number of halogens is 1. The van der Waals surface area contributed by atoms with Crippen LogP contribution in [0.2, 0.25) is 0 Å². The molecule has 30 heavy (non-hydrogen) atoms. The SMILES string of the molecule is CCN1CCC(OCc2ccc(CNc3ccc4c(N)nccc4c3)c(F)c2)CC1. The summed E-state index contributed by atoms with van der Waals surface area (Å²) in [5.41, 5.74) is 8.32. The van der Waals surface area contributed by atoms with Crippen LogP contribution in [0.25, 0.3) is 10.8 Å². The lowest BCUT2D eigenvalue weighted by Crippen LogP contribution is -2.36. The summed E-state index contributed by atoms with van der Waals surface area (Å²) in [4.78, 5) is 6.53.